The molecule has 1 aliphatic rings. The predicted octanol–water partition coefficient (Wildman–Crippen LogP) is 6.52. The molecule has 0 bridgehead atoms. The summed E-state index contributed by atoms with van der Waals surface area (Å²) in [5.41, 5.74) is 6.06. The Bertz CT molecular complexity index is 1560. The Hall–Kier alpha value is -4.24. The number of rotatable bonds is 9. The number of hydrogen-bond acceptors (Lipinski definition) is 7. The largest absolute Gasteiger partial charge is 0.493 e. The summed E-state index contributed by atoms with van der Waals surface area (Å²) in [5.74, 6) is 2.40. The minimum Gasteiger partial charge on any atom is -0.493 e. The Morgan fingerprint density at radius 1 is 1.05 bits per heavy atom. The third-order valence-corrected chi connectivity index (χ3v) is 7.66. The number of allylic oxidation sites excluding steroid dienone is 1. The van der Waals surface area contributed by atoms with Crippen molar-refractivity contribution in [1.29, 1.82) is 0 Å². The fourth-order valence-corrected chi connectivity index (χ4v) is 5.26. The highest BCUT2D eigenvalue weighted by Gasteiger charge is 2.35. The molecule has 4 aromatic rings. The van der Waals surface area contributed by atoms with Gasteiger partial charge in [-0.15, -0.1) is 5.10 Å². The van der Waals surface area contributed by atoms with Gasteiger partial charge < -0.3 is 20.1 Å². The smallest absolute Gasteiger partial charge is 0.255 e. The van der Waals surface area contributed by atoms with E-state index in [4.69, 9.17) is 14.6 Å². The molecule has 0 spiro atoms. The van der Waals surface area contributed by atoms with Crippen LogP contribution in [0.5, 0.6) is 11.5 Å². The fraction of sp³-hybridized carbons (Fsp3) is 0.258. The van der Waals surface area contributed by atoms with E-state index in [0.717, 1.165) is 33.7 Å². The molecule has 8 nitrogen and oxygen atoms in total. The summed E-state index contributed by atoms with van der Waals surface area (Å²) in [6.45, 7) is 8.40. The number of methoxy groups -OCH3 is 1. The molecule has 0 fully saturated rings. The number of aryl methyl sites for hydroxylation is 1. The SMILES string of the molecule is CCSc1nc2n(n1)C(c1ccc(OCc3ccccc3)c(OC)c1)C(C(=O)Nc1cccc(C)c1C)=C(C)N2. The number of hydrogen-bond donors (Lipinski definition) is 2. The zero-order valence-corrected chi connectivity index (χ0v) is 24.1. The Labute approximate surface area is 238 Å². The molecule has 0 saturated heterocycles. The first-order valence-corrected chi connectivity index (χ1v) is 14.2. The van der Waals surface area contributed by atoms with Crippen molar-refractivity contribution in [2.45, 2.75) is 45.5 Å². The van der Waals surface area contributed by atoms with Gasteiger partial charge in [-0.1, -0.05) is 67.2 Å². The van der Waals surface area contributed by atoms with Crippen LogP contribution in [0.15, 0.2) is 83.2 Å². The van der Waals surface area contributed by atoms with Gasteiger partial charge in [-0.25, -0.2) is 4.68 Å². The third-order valence-electron chi connectivity index (χ3n) is 6.94. The number of aromatic nitrogens is 3. The second kappa shape index (κ2) is 11.9. The number of benzene rings is 3. The van der Waals surface area contributed by atoms with Crippen molar-refractivity contribution in [3.63, 3.8) is 0 Å². The molecular formula is C31H33N5O3S. The highest BCUT2D eigenvalue weighted by atomic mass is 32.2. The van der Waals surface area contributed by atoms with Crippen LogP contribution in [0.3, 0.4) is 0 Å². The third kappa shape index (κ3) is 5.56. The van der Waals surface area contributed by atoms with Gasteiger partial charge in [0.25, 0.3) is 5.91 Å². The number of nitrogens with zero attached hydrogens (tertiary/aromatic N) is 3. The molecule has 5 rings (SSSR count). The van der Waals surface area contributed by atoms with Gasteiger partial charge in [0, 0.05) is 11.4 Å². The number of ether oxygens (including phenoxy) is 2. The van der Waals surface area contributed by atoms with E-state index in [1.165, 1.54) is 0 Å². The van der Waals surface area contributed by atoms with Gasteiger partial charge in [-0.2, -0.15) is 4.98 Å². The number of carbonyl (C=O) groups excluding carboxylic acids is 1. The molecule has 1 atom stereocenters. The van der Waals surface area contributed by atoms with Crippen LogP contribution < -0.4 is 20.1 Å². The molecule has 2 N–H and O–H groups in total. The van der Waals surface area contributed by atoms with Crippen LogP contribution in [0.25, 0.3) is 0 Å². The summed E-state index contributed by atoms with van der Waals surface area (Å²) in [6.07, 6.45) is 0. The molecular weight excluding hydrogens is 522 g/mol. The number of fused-ring (bicyclic) bond motifs is 1. The number of amides is 1. The van der Waals surface area contributed by atoms with E-state index in [-0.39, 0.29) is 5.91 Å². The lowest BCUT2D eigenvalue weighted by molar-refractivity contribution is -0.113. The fourth-order valence-electron chi connectivity index (χ4n) is 4.71. The molecule has 0 aliphatic carbocycles. The van der Waals surface area contributed by atoms with Crippen LogP contribution in [0, 0.1) is 13.8 Å². The molecule has 40 heavy (non-hydrogen) atoms. The quantitative estimate of drug-likeness (QED) is 0.227. The molecule has 206 valence electrons. The Kier molecular flexibility index (Phi) is 8.11. The van der Waals surface area contributed by atoms with E-state index >= 15 is 0 Å². The van der Waals surface area contributed by atoms with Crippen LogP contribution in [0.4, 0.5) is 11.6 Å². The first-order chi connectivity index (χ1) is 19.4. The average molecular weight is 556 g/mol. The summed E-state index contributed by atoms with van der Waals surface area (Å²) in [7, 11) is 1.61. The second-order valence-electron chi connectivity index (χ2n) is 9.55. The highest BCUT2D eigenvalue weighted by Crippen LogP contribution is 2.40. The van der Waals surface area contributed by atoms with Crippen molar-refractivity contribution < 1.29 is 14.3 Å². The van der Waals surface area contributed by atoms with Crippen LogP contribution >= 0.6 is 11.8 Å². The van der Waals surface area contributed by atoms with E-state index in [2.05, 4.69) is 22.5 Å². The van der Waals surface area contributed by atoms with Crippen molar-refractivity contribution in [2.24, 2.45) is 0 Å². The summed E-state index contributed by atoms with van der Waals surface area (Å²) >= 11 is 1.55. The average Bonchev–Trinajstić information content (AvgIpc) is 3.36. The zero-order chi connectivity index (χ0) is 28.2. The number of nitrogens with one attached hydrogen (secondary N) is 2. The number of carbonyl (C=O) groups is 1. The maximum Gasteiger partial charge on any atom is 0.255 e. The minimum atomic E-state index is -0.530. The maximum atomic E-state index is 13.9. The Balaban J connectivity index is 1.53. The van der Waals surface area contributed by atoms with E-state index in [9.17, 15) is 4.79 Å². The van der Waals surface area contributed by atoms with E-state index in [1.54, 1.807) is 23.6 Å². The summed E-state index contributed by atoms with van der Waals surface area (Å²) in [6, 6.07) is 21.1. The van der Waals surface area contributed by atoms with Crippen LogP contribution in [0.2, 0.25) is 0 Å². The normalized spacial score (nSPS) is 14.4. The van der Waals surface area contributed by atoms with Gasteiger partial charge in [-0.05, 0) is 67.0 Å². The first-order valence-electron chi connectivity index (χ1n) is 13.2. The van der Waals surface area contributed by atoms with Crippen molar-refractivity contribution in [2.75, 3.05) is 23.5 Å². The molecule has 3 aromatic carbocycles. The van der Waals surface area contributed by atoms with Crippen LogP contribution in [-0.2, 0) is 11.4 Å². The Morgan fingerprint density at radius 2 is 1.85 bits per heavy atom. The summed E-state index contributed by atoms with van der Waals surface area (Å²) < 4.78 is 13.6. The van der Waals surface area contributed by atoms with Crippen molar-refractivity contribution in [1.82, 2.24) is 14.8 Å². The molecule has 1 aliphatic heterocycles. The minimum absolute atomic E-state index is 0.210. The Morgan fingerprint density at radius 3 is 2.60 bits per heavy atom. The van der Waals surface area contributed by atoms with Crippen molar-refractivity contribution in [3.05, 3.63) is 100 Å². The van der Waals surface area contributed by atoms with Gasteiger partial charge in [0.2, 0.25) is 11.1 Å². The van der Waals surface area contributed by atoms with Gasteiger partial charge in [0.15, 0.2) is 11.5 Å². The van der Waals surface area contributed by atoms with Gasteiger partial charge >= 0.3 is 0 Å². The molecule has 1 aromatic heterocycles. The molecule has 9 heteroatoms. The standard InChI is InChI=1S/C31H33N5O3S/c1-6-40-31-34-30-32-21(4)27(29(37)33-24-14-10-11-19(2)20(24)3)28(36(30)35-31)23-15-16-25(26(17-23)38-5)39-18-22-12-8-7-9-13-22/h7-17,28H,6,18H2,1-5H3,(H,33,37)(H,32,34,35). The maximum absolute atomic E-state index is 13.9. The lowest BCUT2D eigenvalue weighted by Gasteiger charge is -2.29. The van der Waals surface area contributed by atoms with Gasteiger partial charge in [-0.3, -0.25) is 4.79 Å². The van der Waals surface area contributed by atoms with Gasteiger partial charge in [0.1, 0.15) is 12.6 Å². The first kappa shape index (κ1) is 27.3. The highest BCUT2D eigenvalue weighted by molar-refractivity contribution is 7.99. The summed E-state index contributed by atoms with van der Waals surface area (Å²) in [4.78, 5) is 18.6. The van der Waals surface area contributed by atoms with E-state index in [1.807, 2.05) is 87.5 Å². The van der Waals surface area contributed by atoms with Gasteiger partial charge in [0.05, 0.1) is 12.7 Å². The topological polar surface area (TPSA) is 90.3 Å². The summed E-state index contributed by atoms with van der Waals surface area (Å²) in [5, 5.41) is 11.9. The second-order valence-corrected chi connectivity index (χ2v) is 10.8. The lowest BCUT2D eigenvalue weighted by Crippen LogP contribution is -2.31. The van der Waals surface area contributed by atoms with Crippen LogP contribution in [-0.4, -0.2) is 33.5 Å². The predicted molar refractivity (Wildman–Crippen MR) is 159 cm³/mol. The monoisotopic (exact) mass is 555 g/mol. The van der Waals surface area contributed by atoms with E-state index in [0.29, 0.717) is 40.5 Å². The zero-order valence-electron chi connectivity index (χ0n) is 23.3. The van der Waals surface area contributed by atoms with Crippen LogP contribution in [0.1, 0.15) is 42.1 Å². The molecule has 0 saturated carbocycles. The molecule has 2 heterocycles. The number of thioether (sulfide) groups is 1. The lowest BCUT2D eigenvalue weighted by atomic mass is 9.94. The molecule has 0 radical (unpaired) electrons. The van der Waals surface area contributed by atoms with Crippen molar-refractivity contribution in [3.8, 4) is 11.5 Å². The molecule has 1 unspecified atom stereocenters. The molecule has 1 amide bonds. The van der Waals surface area contributed by atoms with E-state index < -0.39 is 6.04 Å². The number of anilines is 2. The van der Waals surface area contributed by atoms with Crippen molar-refractivity contribution >= 4 is 29.3 Å².